The van der Waals surface area contributed by atoms with E-state index in [2.05, 4.69) is 34.6 Å². The molecule has 1 fully saturated rings. The second kappa shape index (κ2) is 12.2. The SMILES string of the molecule is CCOC(=O)C[C@H]1CC[C@H](c2ccc(-c3ccc4nc(C(=O)NCc5c(F)cc(Cl)cc5F)cn4c3)cc2)CC1. The van der Waals surface area contributed by atoms with Crippen molar-refractivity contribution in [2.45, 2.75) is 51.5 Å². The number of hydrogen-bond acceptors (Lipinski definition) is 4. The summed E-state index contributed by atoms with van der Waals surface area (Å²) < 4.78 is 34.9. The van der Waals surface area contributed by atoms with Gasteiger partial charge in [0.1, 0.15) is 23.0 Å². The fraction of sp³-hybridized carbons (Fsp3) is 0.323. The van der Waals surface area contributed by atoms with E-state index in [0.717, 1.165) is 48.9 Å². The van der Waals surface area contributed by atoms with Gasteiger partial charge in [-0.1, -0.05) is 35.9 Å². The molecule has 0 unspecified atom stereocenters. The summed E-state index contributed by atoms with van der Waals surface area (Å²) in [7, 11) is 0. The van der Waals surface area contributed by atoms with Crippen LogP contribution in [0.3, 0.4) is 0 Å². The molecule has 40 heavy (non-hydrogen) atoms. The summed E-state index contributed by atoms with van der Waals surface area (Å²) in [4.78, 5) is 28.8. The molecule has 0 saturated heterocycles. The first kappa shape index (κ1) is 27.8. The molecule has 0 atom stereocenters. The maximum Gasteiger partial charge on any atom is 0.306 e. The number of fused-ring (bicyclic) bond motifs is 1. The number of amides is 1. The molecule has 0 aliphatic heterocycles. The molecule has 5 rings (SSSR count). The third kappa shape index (κ3) is 6.33. The van der Waals surface area contributed by atoms with Crippen molar-refractivity contribution in [2.75, 3.05) is 6.61 Å². The number of hydrogen-bond donors (Lipinski definition) is 1. The molecule has 6 nitrogen and oxygen atoms in total. The molecule has 1 aliphatic carbocycles. The second-order valence-electron chi connectivity index (χ2n) is 10.2. The van der Waals surface area contributed by atoms with E-state index in [1.54, 1.807) is 10.6 Å². The van der Waals surface area contributed by atoms with Crippen LogP contribution in [0.15, 0.2) is 60.9 Å². The minimum Gasteiger partial charge on any atom is -0.466 e. The third-order valence-electron chi connectivity index (χ3n) is 7.54. The van der Waals surface area contributed by atoms with Gasteiger partial charge in [-0.15, -0.1) is 0 Å². The molecule has 0 spiro atoms. The molecule has 0 bridgehead atoms. The normalized spacial score (nSPS) is 17.1. The van der Waals surface area contributed by atoms with E-state index in [0.29, 0.717) is 30.5 Å². The number of esters is 1. The molecule has 0 radical (unpaired) electrons. The van der Waals surface area contributed by atoms with Crippen LogP contribution in [0.1, 0.15) is 66.6 Å². The smallest absolute Gasteiger partial charge is 0.306 e. The lowest BCUT2D eigenvalue weighted by molar-refractivity contribution is -0.144. The molecule has 1 N–H and O–H groups in total. The average Bonchev–Trinajstić information content (AvgIpc) is 3.37. The predicted octanol–water partition coefficient (Wildman–Crippen LogP) is 7.09. The van der Waals surface area contributed by atoms with Crippen LogP contribution in [0.25, 0.3) is 16.8 Å². The number of nitrogens with one attached hydrogen (secondary N) is 1. The molecule has 208 valence electrons. The Balaban J connectivity index is 1.22. The van der Waals surface area contributed by atoms with Crippen molar-refractivity contribution in [3.8, 4) is 11.1 Å². The van der Waals surface area contributed by atoms with Gasteiger partial charge < -0.3 is 14.5 Å². The van der Waals surface area contributed by atoms with Crippen LogP contribution in [-0.4, -0.2) is 27.9 Å². The molecular formula is C31H30ClF2N3O3. The van der Waals surface area contributed by atoms with Crippen molar-refractivity contribution >= 4 is 29.1 Å². The van der Waals surface area contributed by atoms with Gasteiger partial charge in [0.25, 0.3) is 5.91 Å². The number of ether oxygens (including phenoxy) is 1. The highest BCUT2D eigenvalue weighted by atomic mass is 35.5. The quantitative estimate of drug-likeness (QED) is 0.231. The summed E-state index contributed by atoms with van der Waals surface area (Å²) in [6.07, 6.45) is 8.18. The number of pyridine rings is 1. The Hall–Kier alpha value is -3.78. The van der Waals surface area contributed by atoms with Crippen molar-refractivity contribution in [3.05, 3.63) is 94.4 Å². The topological polar surface area (TPSA) is 72.7 Å². The van der Waals surface area contributed by atoms with E-state index >= 15 is 0 Å². The van der Waals surface area contributed by atoms with Crippen LogP contribution in [-0.2, 0) is 16.1 Å². The molecule has 9 heteroatoms. The Bertz CT molecular complexity index is 1510. The molecule has 1 aliphatic rings. The second-order valence-corrected chi connectivity index (χ2v) is 10.6. The average molecular weight is 566 g/mol. The lowest BCUT2D eigenvalue weighted by Crippen LogP contribution is -2.24. The summed E-state index contributed by atoms with van der Waals surface area (Å²) in [5, 5.41) is 2.47. The van der Waals surface area contributed by atoms with Gasteiger partial charge in [0.05, 0.1) is 6.61 Å². The van der Waals surface area contributed by atoms with E-state index < -0.39 is 17.5 Å². The van der Waals surface area contributed by atoms with Crippen LogP contribution in [0.4, 0.5) is 8.78 Å². The van der Waals surface area contributed by atoms with Gasteiger partial charge in [-0.25, -0.2) is 13.8 Å². The van der Waals surface area contributed by atoms with Gasteiger partial charge in [-0.3, -0.25) is 9.59 Å². The van der Waals surface area contributed by atoms with Gasteiger partial charge in [0.2, 0.25) is 0 Å². The van der Waals surface area contributed by atoms with Gasteiger partial charge in [0, 0.05) is 35.9 Å². The van der Waals surface area contributed by atoms with E-state index in [-0.39, 0.29) is 28.8 Å². The van der Waals surface area contributed by atoms with E-state index in [1.165, 1.54) is 5.56 Å². The predicted molar refractivity (Wildman–Crippen MR) is 149 cm³/mol. The van der Waals surface area contributed by atoms with Crippen molar-refractivity contribution in [1.29, 1.82) is 0 Å². The fourth-order valence-corrected chi connectivity index (χ4v) is 5.57. The Labute approximate surface area is 236 Å². The van der Waals surface area contributed by atoms with Crippen LogP contribution >= 0.6 is 11.6 Å². The van der Waals surface area contributed by atoms with Crippen molar-refractivity contribution < 1.29 is 23.1 Å². The molecule has 2 aromatic carbocycles. The first-order chi connectivity index (χ1) is 19.3. The van der Waals surface area contributed by atoms with E-state index in [4.69, 9.17) is 16.3 Å². The number of carbonyl (C=O) groups is 2. The standard InChI is InChI=1S/C31H30ClF2N3O3/c1-2-40-30(38)13-19-3-5-20(6-4-19)21-7-9-22(10-8-21)23-11-12-29-36-28(18-37(29)17-23)31(39)35-16-25-26(33)14-24(32)15-27(25)34/h7-12,14-15,17-20H,2-6,13,16H2,1H3,(H,35,39)/t19-,20-. The highest BCUT2D eigenvalue weighted by Crippen LogP contribution is 2.37. The van der Waals surface area contributed by atoms with Gasteiger partial charge in [0.15, 0.2) is 0 Å². The Morgan fingerprint density at radius 3 is 2.35 bits per heavy atom. The molecule has 4 aromatic rings. The number of halogens is 3. The monoisotopic (exact) mass is 565 g/mol. The summed E-state index contributed by atoms with van der Waals surface area (Å²) in [5.41, 5.74) is 3.75. The molecule has 1 saturated carbocycles. The molecule has 2 aromatic heterocycles. The Morgan fingerprint density at radius 1 is 1.00 bits per heavy atom. The largest absolute Gasteiger partial charge is 0.466 e. The number of carbonyl (C=O) groups excluding carboxylic acids is 2. The minimum atomic E-state index is -0.822. The van der Waals surface area contributed by atoms with Crippen LogP contribution < -0.4 is 5.32 Å². The van der Waals surface area contributed by atoms with Crippen LogP contribution in [0.2, 0.25) is 5.02 Å². The fourth-order valence-electron chi connectivity index (χ4n) is 5.38. The van der Waals surface area contributed by atoms with Gasteiger partial charge in [-0.05, 0) is 85.4 Å². The number of aromatic nitrogens is 2. The summed E-state index contributed by atoms with van der Waals surface area (Å²) >= 11 is 5.66. The number of benzene rings is 2. The number of nitrogens with zero attached hydrogens (tertiary/aromatic N) is 2. The first-order valence-corrected chi connectivity index (χ1v) is 13.8. The summed E-state index contributed by atoms with van der Waals surface area (Å²) in [5.74, 6) is -1.39. The van der Waals surface area contributed by atoms with Gasteiger partial charge in [-0.2, -0.15) is 0 Å². The molecule has 1 amide bonds. The zero-order valence-corrected chi connectivity index (χ0v) is 22.9. The van der Waals surface area contributed by atoms with E-state index in [9.17, 15) is 18.4 Å². The zero-order valence-electron chi connectivity index (χ0n) is 22.1. The third-order valence-corrected chi connectivity index (χ3v) is 7.76. The van der Waals surface area contributed by atoms with Crippen molar-refractivity contribution in [3.63, 3.8) is 0 Å². The lowest BCUT2D eigenvalue weighted by atomic mass is 9.77. The summed E-state index contributed by atoms with van der Waals surface area (Å²) in [6, 6.07) is 14.3. The van der Waals surface area contributed by atoms with E-state index in [1.807, 2.05) is 25.3 Å². The van der Waals surface area contributed by atoms with Crippen LogP contribution in [0, 0.1) is 17.6 Å². The van der Waals surface area contributed by atoms with Gasteiger partial charge >= 0.3 is 5.97 Å². The zero-order chi connectivity index (χ0) is 28.2. The van der Waals surface area contributed by atoms with Crippen LogP contribution in [0.5, 0.6) is 0 Å². The van der Waals surface area contributed by atoms with Crippen molar-refractivity contribution in [2.24, 2.45) is 5.92 Å². The maximum absolute atomic E-state index is 14.0. The number of imidazole rings is 1. The Kier molecular flexibility index (Phi) is 8.45. The first-order valence-electron chi connectivity index (χ1n) is 13.5. The highest BCUT2D eigenvalue weighted by molar-refractivity contribution is 6.30. The Morgan fingerprint density at radius 2 is 1.68 bits per heavy atom. The minimum absolute atomic E-state index is 0.0502. The summed E-state index contributed by atoms with van der Waals surface area (Å²) in [6.45, 7) is 1.94. The molecular weight excluding hydrogens is 536 g/mol. The maximum atomic E-state index is 14.0. The van der Waals surface area contributed by atoms with Crippen molar-refractivity contribution in [1.82, 2.24) is 14.7 Å². The molecule has 2 heterocycles. The number of rotatable bonds is 8. The highest BCUT2D eigenvalue weighted by Gasteiger charge is 2.24. The lowest BCUT2D eigenvalue weighted by Gasteiger charge is -2.28.